The number of para-hydroxylation sites is 1. The van der Waals surface area contributed by atoms with Crippen molar-refractivity contribution >= 4 is 39.2 Å². The molecule has 1 heterocycles. The van der Waals surface area contributed by atoms with Crippen LogP contribution in [0.25, 0.3) is 0 Å². The first-order valence-corrected chi connectivity index (χ1v) is 13.1. The van der Waals surface area contributed by atoms with Crippen LogP contribution in [0.1, 0.15) is 43.7 Å². The van der Waals surface area contributed by atoms with Crippen LogP contribution in [-0.2, 0) is 19.6 Å². The Morgan fingerprint density at radius 2 is 1.74 bits per heavy atom. The highest BCUT2D eigenvalue weighted by Crippen LogP contribution is 2.38. The Morgan fingerprint density at radius 3 is 2.37 bits per heavy atom. The van der Waals surface area contributed by atoms with Crippen molar-refractivity contribution in [1.29, 1.82) is 0 Å². The molecule has 10 heteroatoms. The second-order valence-electron chi connectivity index (χ2n) is 9.38. The Balaban J connectivity index is 1.41. The van der Waals surface area contributed by atoms with Crippen LogP contribution in [0.2, 0.25) is 0 Å². The highest BCUT2D eigenvalue weighted by Gasteiger charge is 2.55. The molecule has 0 radical (unpaired) electrons. The van der Waals surface area contributed by atoms with Gasteiger partial charge in [0.1, 0.15) is 12.1 Å². The van der Waals surface area contributed by atoms with E-state index in [-0.39, 0.29) is 16.7 Å². The van der Waals surface area contributed by atoms with E-state index in [4.69, 9.17) is 0 Å². The van der Waals surface area contributed by atoms with Gasteiger partial charge in [-0.1, -0.05) is 38.0 Å². The van der Waals surface area contributed by atoms with E-state index in [1.165, 1.54) is 24.3 Å². The summed E-state index contributed by atoms with van der Waals surface area (Å²) in [7, 11) is -3.83. The number of carbonyl (C=O) groups is 3. The third-order valence-electron chi connectivity index (χ3n) is 6.97. The number of imide groups is 1. The molecule has 186 valence electrons. The van der Waals surface area contributed by atoms with E-state index in [0.29, 0.717) is 17.8 Å². The minimum Gasteiger partial charge on any atom is -0.325 e. The van der Waals surface area contributed by atoms with Gasteiger partial charge in [0.15, 0.2) is 0 Å². The standard InChI is InChI=1S/C25H30N4O5S/c1-16-7-6-8-17(2)22(16)28-35(33,34)20-12-10-19(11-13-20)26-21(30)15-29-23(31)25(27-24(29)32)14-5-4-9-18(25)3/h6-8,10-13,18,28H,4-5,9,14-15H2,1-3H3,(H,26,30)(H,27,32)/t18-,25-/m0/s1. The van der Waals surface area contributed by atoms with Crippen molar-refractivity contribution in [2.24, 2.45) is 5.92 Å². The van der Waals surface area contributed by atoms with Gasteiger partial charge in [0.05, 0.1) is 10.6 Å². The van der Waals surface area contributed by atoms with Crippen molar-refractivity contribution in [3.05, 3.63) is 53.6 Å². The topological polar surface area (TPSA) is 125 Å². The molecule has 1 saturated carbocycles. The lowest BCUT2D eigenvalue weighted by Crippen LogP contribution is -2.54. The van der Waals surface area contributed by atoms with Crippen LogP contribution in [-0.4, -0.2) is 43.2 Å². The number of urea groups is 1. The number of carbonyl (C=O) groups excluding carboxylic acids is 3. The van der Waals surface area contributed by atoms with Crippen LogP contribution in [0.3, 0.4) is 0 Å². The molecule has 1 aliphatic carbocycles. The Bertz CT molecular complexity index is 1260. The first kappa shape index (κ1) is 24.7. The van der Waals surface area contributed by atoms with Gasteiger partial charge in [-0.15, -0.1) is 0 Å². The van der Waals surface area contributed by atoms with Crippen LogP contribution >= 0.6 is 0 Å². The maximum atomic E-state index is 13.0. The van der Waals surface area contributed by atoms with Crippen LogP contribution in [0.5, 0.6) is 0 Å². The van der Waals surface area contributed by atoms with Gasteiger partial charge >= 0.3 is 6.03 Å². The number of anilines is 2. The first-order valence-electron chi connectivity index (χ1n) is 11.7. The third-order valence-corrected chi connectivity index (χ3v) is 8.33. The summed E-state index contributed by atoms with van der Waals surface area (Å²) in [5, 5.41) is 5.45. The molecular formula is C25H30N4O5S. The summed E-state index contributed by atoms with van der Waals surface area (Å²) in [5.74, 6) is -0.894. The van der Waals surface area contributed by atoms with Crippen molar-refractivity contribution in [1.82, 2.24) is 10.2 Å². The molecule has 0 bridgehead atoms. The fourth-order valence-corrected chi connectivity index (χ4v) is 6.07. The summed E-state index contributed by atoms with van der Waals surface area (Å²) in [6, 6.07) is 10.7. The Morgan fingerprint density at radius 1 is 1.09 bits per heavy atom. The number of sulfonamides is 1. The zero-order chi connectivity index (χ0) is 25.4. The van der Waals surface area contributed by atoms with E-state index >= 15 is 0 Å². The van der Waals surface area contributed by atoms with Gasteiger partial charge in [-0.2, -0.15) is 0 Å². The number of nitrogens with zero attached hydrogens (tertiary/aromatic N) is 1. The van der Waals surface area contributed by atoms with Crippen molar-refractivity contribution in [3.63, 3.8) is 0 Å². The van der Waals surface area contributed by atoms with Crippen molar-refractivity contribution in [2.45, 2.75) is 56.9 Å². The lowest BCUT2D eigenvalue weighted by Gasteiger charge is -2.36. The molecule has 9 nitrogen and oxygen atoms in total. The van der Waals surface area contributed by atoms with E-state index < -0.39 is 34.0 Å². The molecule has 2 atom stereocenters. The molecule has 1 spiro atoms. The number of hydrogen-bond donors (Lipinski definition) is 3. The van der Waals surface area contributed by atoms with E-state index in [1.807, 2.05) is 39.0 Å². The minimum absolute atomic E-state index is 0.00678. The Hall–Kier alpha value is -3.40. The molecule has 0 unspecified atom stereocenters. The fourth-order valence-electron chi connectivity index (χ4n) is 4.87. The SMILES string of the molecule is Cc1cccc(C)c1NS(=O)(=O)c1ccc(NC(=O)CN2C(=O)N[C@]3(CCCC[C@@H]3C)C2=O)cc1. The molecule has 1 saturated heterocycles. The monoisotopic (exact) mass is 498 g/mol. The van der Waals surface area contributed by atoms with Gasteiger partial charge < -0.3 is 10.6 Å². The average molecular weight is 499 g/mol. The van der Waals surface area contributed by atoms with Crippen LogP contribution in [0, 0.1) is 19.8 Å². The smallest absolute Gasteiger partial charge is 0.325 e. The number of amides is 4. The molecule has 4 amide bonds. The summed E-state index contributed by atoms with van der Waals surface area (Å²) in [5.41, 5.74) is 1.58. The lowest BCUT2D eigenvalue weighted by atomic mass is 9.73. The van der Waals surface area contributed by atoms with Gasteiger partial charge in [0.2, 0.25) is 5.91 Å². The van der Waals surface area contributed by atoms with Gasteiger partial charge in [0.25, 0.3) is 15.9 Å². The van der Waals surface area contributed by atoms with Gasteiger partial charge in [-0.25, -0.2) is 13.2 Å². The minimum atomic E-state index is -3.83. The average Bonchev–Trinajstić information content (AvgIpc) is 3.03. The second kappa shape index (κ2) is 9.33. The number of aryl methyl sites for hydroxylation is 2. The van der Waals surface area contributed by atoms with E-state index in [1.54, 1.807) is 0 Å². The second-order valence-corrected chi connectivity index (χ2v) is 11.1. The third kappa shape index (κ3) is 4.75. The number of benzene rings is 2. The summed E-state index contributed by atoms with van der Waals surface area (Å²) < 4.78 is 28.3. The van der Waals surface area contributed by atoms with Crippen molar-refractivity contribution in [3.8, 4) is 0 Å². The molecule has 4 rings (SSSR count). The van der Waals surface area contributed by atoms with E-state index in [9.17, 15) is 22.8 Å². The molecule has 35 heavy (non-hydrogen) atoms. The van der Waals surface area contributed by atoms with Gasteiger partial charge in [0, 0.05) is 5.69 Å². The van der Waals surface area contributed by atoms with Crippen LogP contribution < -0.4 is 15.4 Å². The molecule has 2 aromatic carbocycles. The van der Waals surface area contributed by atoms with E-state index in [0.717, 1.165) is 35.3 Å². The maximum absolute atomic E-state index is 13.0. The van der Waals surface area contributed by atoms with Crippen LogP contribution in [0.4, 0.5) is 16.2 Å². The zero-order valence-electron chi connectivity index (χ0n) is 20.1. The first-order chi connectivity index (χ1) is 16.5. The molecule has 2 fully saturated rings. The summed E-state index contributed by atoms with van der Waals surface area (Å²) in [4.78, 5) is 39.1. The quantitative estimate of drug-likeness (QED) is 0.526. The summed E-state index contributed by atoms with van der Waals surface area (Å²) in [6.07, 6.45) is 3.28. The molecular weight excluding hydrogens is 468 g/mol. The Labute approximate surface area is 205 Å². The lowest BCUT2D eigenvalue weighted by molar-refractivity contribution is -0.136. The highest BCUT2D eigenvalue weighted by molar-refractivity contribution is 7.92. The number of hydrogen-bond acceptors (Lipinski definition) is 5. The molecule has 2 aliphatic rings. The zero-order valence-corrected chi connectivity index (χ0v) is 20.9. The molecule has 2 aromatic rings. The number of nitrogens with one attached hydrogen (secondary N) is 3. The van der Waals surface area contributed by atoms with E-state index in [2.05, 4.69) is 15.4 Å². The predicted molar refractivity (Wildman–Crippen MR) is 132 cm³/mol. The van der Waals surface area contributed by atoms with Gasteiger partial charge in [-0.3, -0.25) is 19.2 Å². The van der Waals surface area contributed by atoms with Crippen molar-refractivity contribution < 1.29 is 22.8 Å². The van der Waals surface area contributed by atoms with Crippen LogP contribution in [0.15, 0.2) is 47.4 Å². The Kier molecular flexibility index (Phi) is 6.59. The normalized spacial score (nSPS) is 22.3. The largest absolute Gasteiger partial charge is 0.325 e. The molecule has 3 N–H and O–H groups in total. The predicted octanol–water partition coefficient (Wildman–Crippen LogP) is 3.54. The number of rotatable bonds is 6. The van der Waals surface area contributed by atoms with Crippen molar-refractivity contribution in [2.75, 3.05) is 16.6 Å². The highest BCUT2D eigenvalue weighted by atomic mass is 32.2. The summed E-state index contributed by atoms with van der Waals surface area (Å²) in [6.45, 7) is 5.19. The summed E-state index contributed by atoms with van der Waals surface area (Å²) >= 11 is 0. The molecule has 0 aromatic heterocycles. The van der Waals surface area contributed by atoms with Gasteiger partial charge in [-0.05, 0) is 68.0 Å². The maximum Gasteiger partial charge on any atom is 0.325 e. The fraction of sp³-hybridized carbons (Fsp3) is 0.400. The molecule has 1 aliphatic heterocycles.